The number of cyclic esters (lactones) is 1. The van der Waals surface area contributed by atoms with Crippen LogP contribution in [0.1, 0.15) is 6.92 Å². The molecule has 0 aliphatic carbocycles. The zero-order valence-electron chi connectivity index (χ0n) is 8.43. The van der Waals surface area contributed by atoms with Gasteiger partial charge < -0.3 is 15.2 Å². The van der Waals surface area contributed by atoms with Gasteiger partial charge in [0.15, 0.2) is 6.61 Å². The lowest BCUT2D eigenvalue weighted by Gasteiger charge is -2.23. The summed E-state index contributed by atoms with van der Waals surface area (Å²) in [5, 5.41) is 0. The van der Waals surface area contributed by atoms with E-state index in [9.17, 15) is 14.4 Å². The molecule has 1 saturated heterocycles. The van der Waals surface area contributed by atoms with Crippen LogP contribution in [0.3, 0.4) is 0 Å². The van der Waals surface area contributed by atoms with Crippen LogP contribution in [-0.4, -0.2) is 48.7 Å². The molecule has 2 atom stereocenters. The maximum absolute atomic E-state index is 11.2. The molecule has 7 nitrogen and oxygen atoms in total. The van der Waals surface area contributed by atoms with E-state index in [4.69, 9.17) is 5.73 Å². The van der Waals surface area contributed by atoms with Gasteiger partial charge in [-0.1, -0.05) is 0 Å². The van der Waals surface area contributed by atoms with Crippen LogP contribution in [0.5, 0.6) is 0 Å². The molecule has 1 fully saturated rings. The number of esters is 1. The van der Waals surface area contributed by atoms with Gasteiger partial charge in [0.25, 0.3) is 5.91 Å². The molecule has 7 heteroatoms. The Kier molecular flexibility index (Phi) is 3.25. The summed E-state index contributed by atoms with van der Waals surface area (Å²) in [7, 11) is 1.18. The van der Waals surface area contributed by atoms with Gasteiger partial charge in [0.1, 0.15) is 6.04 Å². The number of nitrogens with zero attached hydrogens (tertiary/aromatic N) is 1. The van der Waals surface area contributed by atoms with Crippen molar-refractivity contribution < 1.29 is 23.9 Å². The summed E-state index contributed by atoms with van der Waals surface area (Å²) in [6.45, 7) is 1.17. The van der Waals surface area contributed by atoms with Gasteiger partial charge in [-0.15, -0.1) is 0 Å². The molecule has 0 aromatic rings. The predicted molar refractivity (Wildman–Crippen MR) is 47.6 cm³/mol. The third-order valence-corrected chi connectivity index (χ3v) is 2.18. The lowest BCUT2D eigenvalue weighted by molar-refractivity contribution is -0.144. The van der Waals surface area contributed by atoms with E-state index in [-0.39, 0.29) is 6.61 Å². The molecule has 0 spiro atoms. The van der Waals surface area contributed by atoms with Crippen LogP contribution >= 0.6 is 0 Å². The van der Waals surface area contributed by atoms with E-state index in [0.29, 0.717) is 0 Å². The summed E-state index contributed by atoms with van der Waals surface area (Å²) in [6.07, 6.45) is -0.785. The molecular formula is C8H12N2O5. The van der Waals surface area contributed by atoms with Gasteiger partial charge in [0, 0.05) is 0 Å². The summed E-state index contributed by atoms with van der Waals surface area (Å²) >= 11 is 0. The Labute approximate surface area is 86.1 Å². The summed E-state index contributed by atoms with van der Waals surface area (Å²) in [6, 6.07) is -1.84. The number of ether oxygens (including phenoxy) is 2. The highest BCUT2D eigenvalue weighted by molar-refractivity contribution is 5.98. The van der Waals surface area contributed by atoms with E-state index in [1.807, 2.05) is 0 Å². The molecule has 1 rings (SSSR count). The quantitative estimate of drug-likeness (QED) is 0.598. The van der Waals surface area contributed by atoms with Crippen LogP contribution in [0, 0.1) is 0 Å². The topological polar surface area (TPSA) is 98.9 Å². The second-order valence-electron chi connectivity index (χ2n) is 3.11. The van der Waals surface area contributed by atoms with Crippen LogP contribution in [0.15, 0.2) is 0 Å². The number of rotatable bonds is 3. The van der Waals surface area contributed by atoms with Crippen molar-refractivity contribution in [1.29, 1.82) is 0 Å². The summed E-state index contributed by atoms with van der Waals surface area (Å²) in [5.41, 5.74) is 5.50. The lowest BCUT2D eigenvalue weighted by Crippen LogP contribution is -2.52. The van der Waals surface area contributed by atoms with Crippen molar-refractivity contribution in [3.8, 4) is 0 Å². The largest absolute Gasteiger partial charge is 0.468 e. The SMILES string of the molecule is COC(=O)C(N)C(C)N1C(=O)COC1=O. The van der Waals surface area contributed by atoms with Crippen LogP contribution in [0.25, 0.3) is 0 Å². The summed E-state index contributed by atoms with van der Waals surface area (Å²) in [5.74, 6) is -1.19. The first-order chi connectivity index (χ1) is 6.99. The van der Waals surface area contributed by atoms with Crippen LogP contribution in [0.4, 0.5) is 4.79 Å². The Hall–Kier alpha value is -1.63. The Balaban J connectivity index is 2.75. The van der Waals surface area contributed by atoms with Gasteiger partial charge in [0.05, 0.1) is 13.2 Å². The van der Waals surface area contributed by atoms with Crippen molar-refractivity contribution in [2.24, 2.45) is 5.73 Å². The molecule has 1 heterocycles. The number of hydrogen-bond acceptors (Lipinski definition) is 6. The van der Waals surface area contributed by atoms with E-state index in [0.717, 1.165) is 4.90 Å². The van der Waals surface area contributed by atoms with Gasteiger partial charge in [0.2, 0.25) is 0 Å². The maximum atomic E-state index is 11.2. The van der Waals surface area contributed by atoms with Gasteiger partial charge in [-0.25, -0.2) is 9.69 Å². The molecule has 1 aliphatic heterocycles. The van der Waals surface area contributed by atoms with Crippen LogP contribution in [0.2, 0.25) is 0 Å². The number of imide groups is 1. The van der Waals surface area contributed by atoms with Gasteiger partial charge in [-0.05, 0) is 6.92 Å². The molecule has 15 heavy (non-hydrogen) atoms. The smallest absolute Gasteiger partial charge is 0.417 e. The van der Waals surface area contributed by atoms with Crippen molar-refractivity contribution >= 4 is 18.0 Å². The normalized spacial score (nSPS) is 19.8. The molecule has 0 radical (unpaired) electrons. The van der Waals surface area contributed by atoms with E-state index < -0.39 is 30.1 Å². The number of amides is 2. The zero-order valence-corrected chi connectivity index (χ0v) is 8.43. The Morgan fingerprint density at radius 2 is 2.20 bits per heavy atom. The average Bonchev–Trinajstić information content (AvgIpc) is 2.55. The first-order valence-electron chi connectivity index (χ1n) is 4.31. The number of carbonyl (C=O) groups excluding carboxylic acids is 3. The highest BCUT2D eigenvalue weighted by Crippen LogP contribution is 2.12. The molecule has 2 amide bonds. The fraction of sp³-hybridized carbons (Fsp3) is 0.625. The van der Waals surface area contributed by atoms with Gasteiger partial charge in [-0.2, -0.15) is 0 Å². The van der Waals surface area contributed by atoms with Crippen molar-refractivity contribution in [1.82, 2.24) is 4.90 Å². The Bertz CT molecular complexity index is 287. The number of hydrogen-bond donors (Lipinski definition) is 1. The number of methoxy groups -OCH3 is 1. The van der Waals surface area contributed by atoms with E-state index in [1.165, 1.54) is 14.0 Å². The second kappa shape index (κ2) is 4.26. The minimum Gasteiger partial charge on any atom is -0.468 e. The highest BCUT2D eigenvalue weighted by atomic mass is 16.6. The molecule has 1 aliphatic rings. The van der Waals surface area contributed by atoms with E-state index in [1.54, 1.807) is 0 Å². The predicted octanol–water partition coefficient (Wildman–Crippen LogP) is -1.15. The van der Waals surface area contributed by atoms with Crippen molar-refractivity contribution in [2.45, 2.75) is 19.0 Å². The molecule has 0 bridgehead atoms. The van der Waals surface area contributed by atoms with Crippen molar-refractivity contribution in [3.05, 3.63) is 0 Å². The fourth-order valence-corrected chi connectivity index (χ4v) is 1.25. The molecule has 0 aromatic carbocycles. The maximum Gasteiger partial charge on any atom is 0.417 e. The Morgan fingerprint density at radius 3 is 2.60 bits per heavy atom. The number of carbonyl (C=O) groups is 3. The van der Waals surface area contributed by atoms with Crippen molar-refractivity contribution in [3.63, 3.8) is 0 Å². The van der Waals surface area contributed by atoms with Gasteiger partial charge in [-0.3, -0.25) is 9.59 Å². The summed E-state index contributed by atoms with van der Waals surface area (Å²) in [4.78, 5) is 34.2. The van der Waals surface area contributed by atoms with E-state index in [2.05, 4.69) is 9.47 Å². The monoisotopic (exact) mass is 216 g/mol. The van der Waals surface area contributed by atoms with E-state index >= 15 is 0 Å². The first kappa shape index (κ1) is 11.4. The fourth-order valence-electron chi connectivity index (χ4n) is 1.25. The van der Waals surface area contributed by atoms with Crippen LogP contribution < -0.4 is 5.73 Å². The van der Waals surface area contributed by atoms with Gasteiger partial charge >= 0.3 is 12.1 Å². The van der Waals surface area contributed by atoms with Crippen molar-refractivity contribution in [2.75, 3.05) is 13.7 Å². The molecule has 0 aromatic heterocycles. The lowest BCUT2D eigenvalue weighted by atomic mass is 10.1. The first-order valence-corrected chi connectivity index (χ1v) is 4.31. The second-order valence-corrected chi connectivity index (χ2v) is 3.11. The minimum atomic E-state index is -1.07. The Morgan fingerprint density at radius 1 is 1.60 bits per heavy atom. The minimum absolute atomic E-state index is 0.308. The third-order valence-electron chi connectivity index (χ3n) is 2.18. The standard InChI is InChI=1S/C8H12N2O5/c1-4(6(9)7(12)14-2)10-5(11)3-15-8(10)13/h4,6H,3,9H2,1-2H3. The molecule has 0 saturated carbocycles. The molecular weight excluding hydrogens is 204 g/mol. The molecule has 2 unspecified atom stereocenters. The molecule has 84 valence electrons. The average molecular weight is 216 g/mol. The number of nitrogens with two attached hydrogens (primary N) is 1. The third kappa shape index (κ3) is 2.07. The van der Waals surface area contributed by atoms with Crippen LogP contribution in [-0.2, 0) is 19.1 Å². The summed E-state index contributed by atoms with van der Waals surface area (Å²) < 4.78 is 8.90. The molecule has 2 N–H and O–H groups in total. The highest BCUT2D eigenvalue weighted by Gasteiger charge is 2.39. The zero-order chi connectivity index (χ0) is 11.6.